The van der Waals surface area contributed by atoms with E-state index in [0.717, 1.165) is 38.5 Å². The van der Waals surface area contributed by atoms with Gasteiger partial charge in [-0.15, -0.1) is 0 Å². The van der Waals surface area contributed by atoms with E-state index in [1.807, 2.05) is 21.1 Å². The van der Waals surface area contributed by atoms with Gasteiger partial charge in [-0.05, 0) is 12.8 Å². The van der Waals surface area contributed by atoms with Crippen LogP contribution in [0.5, 0.6) is 0 Å². The molecule has 0 saturated heterocycles. The molecule has 0 aromatic heterocycles. The van der Waals surface area contributed by atoms with Crippen molar-refractivity contribution in [2.45, 2.75) is 289 Å². The number of hydrogen-bond donors (Lipinski definition) is 1. The van der Waals surface area contributed by atoms with Crippen LogP contribution in [0.1, 0.15) is 277 Å². The van der Waals surface area contributed by atoms with Crippen LogP contribution in [0.25, 0.3) is 0 Å². The minimum absolute atomic E-state index is 0.172. The SMILES string of the molecule is CCCCCCCCCCCCCCCCCCCCCCCC(=O)OC(COC(=O)CCCCCCCCCCCCCCCCCCCC)COC(OCC[N+](C)(C)C)C(=O)O. The summed E-state index contributed by atoms with van der Waals surface area (Å²) in [5, 5.41) is 9.68. The zero-order chi connectivity index (χ0) is 47.0. The Morgan fingerprint density at radius 2 is 0.703 bits per heavy atom. The summed E-state index contributed by atoms with van der Waals surface area (Å²) in [4.78, 5) is 37.3. The van der Waals surface area contributed by atoms with Gasteiger partial charge in [0.15, 0.2) is 6.10 Å². The van der Waals surface area contributed by atoms with Gasteiger partial charge in [-0.1, -0.05) is 251 Å². The molecule has 0 rings (SSSR count). The van der Waals surface area contributed by atoms with Gasteiger partial charge in [0.25, 0.3) is 6.29 Å². The topological polar surface area (TPSA) is 108 Å². The average Bonchev–Trinajstić information content (AvgIpc) is 3.26. The molecular formula is C55H108NO8+. The maximum atomic E-state index is 12.8. The quantitative estimate of drug-likeness (QED) is 0.0278. The van der Waals surface area contributed by atoms with Crippen molar-refractivity contribution in [2.24, 2.45) is 0 Å². The fourth-order valence-electron chi connectivity index (χ4n) is 8.31. The van der Waals surface area contributed by atoms with Crippen molar-refractivity contribution in [3.05, 3.63) is 0 Å². The normalized spacial score (nSPS) is 12.7. The van der Waals surface area contributed by atoms with Gasteiger partial charge < -0.3 is 28.5 Å². The van der Waals surface area contributed by atoms with E-state index in [2.05, 4.69) is 13.8 Å². The van der Waals surface area contributed by atoms with Gasteiger partial charge in [0.1, 0.15) is 13.2 Å². The van der Waals surface area contributed by atoms with Gasteiger partial charge in [-0.2, -0.15) is 0 Å². The highest BCUT2D eigenvalue weighted by Crippen LogP contribution is 2.18. The Hall–Kier alpha value is -1.71. The number of ether oxygens (including phenoxy) is 4. The highest BCUT2D eigenvalue weighted by molar-refractivity contribution is 5.71. The van der Waals surface area contributed by atoms with E-state index in [4.69, 9.17) is 18.9 Å². The first-order chi connectivity index (χ1) is 31.1. The van der Waals surface area contributed by atoms with Gasteiger partial charge in [0, 0.05) is 12.8 Å². The maximum Gasteiger partial charge on any atom is 0.361 e. The minimum Gasteiger partial charge on any atom is -0.477 e. The van der Waals surface area contributed by atoms with E-state index < -0.39 is 18.4 Å². The van der Waals surface area contributed by atoms with Crippen LogP contribution >= 0.6 is 0 Å². The molecule has 2 atom stereocenters. The molecule has 2 unspecified atom stereocenters. The van der Waals surface area contributed by atoms with Crippen molar-refractivity contribution >= 4 is 17.9 Å². The molecule has 1 N–H and O–H groups in total. The molecule has 9 heteroatoms. The molecule has 0 heterocycles. The molecule has 0 aromatic rings. The van der Waals surface area contributed by atoms with Crippen LogP contribution < -0.4 is 0 Å². The number of aliphatic carboxylic acids is 1. The first-order valence-corrected chi connectivity index (χ1v) is 27.7. The molecule has 0 aromatic carbocycles. The van der Waals surface area contributed by atoms with Crippen molar-refractivity contribution in [1.29, 1.82) is 0 Å². The van der Waals surface area contributed by atoms with Crippen molar-refractivity contribution in [2.75, 3.05) is 47.5 Å². The molecule has 0 aliphatic carbocycles. The van der Waals surface area contributed by atoms with Crippen LogP contribution in [-0.2, 0) is 33.3 Å². The molecule has 64 heavy (non-hydrogen) atoms. The number of carbonyl (C=O) groups excluding carboxylic acids is 2. The Kier molecular flexibility index (Phi) is 46.5. The number of carbonyl (C=O) groups is 3. The Morgan fingerprint density at radius 3 is 1.00 bits per heavy atom. The van der Waals surface area contributed by atoms with E-state index in [1.165, 1.54) is 212 Å². The Labute approximate surface area is 396 Å². The lowest BCUT2D eigenvalue weighted by molar-refractivity contribution is -0.870. The van der Waals surface area contributed by atoms with Gasteiger partial charge >= 0.3 is 17.9 Å². The summed E-state index contributed by atoms with van der Waals surface area (Å²) >= 11 is 0. The van der Waals surface area contributed by atoms with Gasteiger partial charge in [0.05, 0.1) is 34.4 Å². The molecule has 0 spiro atoms. The third-order valence-corrected chi connectivity index (χ3v) is 12.6. The molecule has 0 aliphatic heterocycles. The fourth-order valence-corrected chi connectivity index (χ4v) is 8.31. The Morgan fingerprint density at radius 1 is 0.406 bits per heavy atom. The summed E-state index contributed by atoms with van der Waals surface area (Å²) in [6.45, 7) is 4.94. The summed E-state index contributed by atoms with van der Waals surface area (Å²) in [7, 11) is 5.98. The summed E-state index contributed by atoms with van der Waals surface area (Å²) in [5.41, 5.74) is 0. The lowest BCUT2D eigenvalue weighted by atomic mass is 10.0. The number of esters is 2. The number of quaternary nitrogens is 1. The highest BCUT2D eigenvalue weighted by Gasteiger charge is 2.25. The number of hydrogen-bond acceptors (Lipinski definition) is 7. The molecule has 0 bridgehead atoms. The summed E-state index contributed by atoms with van der Waals surface area (Å²) in [6, 6.07) is 0. The molecular weight excluding hydrogens is 803 g/mol. The first-order valence-electron chi connectivity index (χ1n) is 27.7. The number of rotatable bonds is 52. The average molecular weight is 911 g/mol. The smallest absolute Gasteiger partial charge is 0.361 e. The lowest BCUT2D eigenvalue weighted by Gasteiger charge is -2.25. The number of likely N-dealkylation sites (N-methyl/N-ethyl adjacent to an activating group) is 1. The van der Waals surface area contributed by atoms with Crippen molar-refractivity contribution < 1.29 is 42.9 Å². The largest absolute Gasteiger partial charge is 0.477 e. The fraction of sp³-hybridized carbons (Fsp3) is 0.945. The van der Waals surface area contributed by atoms with E-state index in [1.54, 1.807) is 0 Å². The minimum atomic E-state index is -1.50. The maximum absolute atomic E-state index is 12.8. The molecule has 380 valence electrons. The number of nitrogens with zero attached hydrogens (tertiary/aromatic N) is 1. The summed E-state index contributed by atoms with van der Waals surface area (Å²) < 4.78 is 22.9. The van der Waals surface area contributed by atoms with E-state index in [9.17, 15) is 19.5 Å². The van der Waals surface area contributed by atoms with E-state index in [-0.39, 0.29) is 38.2 Å². The molecule has 0 fully saturated rings. The Bertz CT molecular complexity index is 1020. The molecule has 0 radical (unpaired) electrons. The molecule has 0 aliphatic rings. The van der Waals surface area contributed by atoms with Crippen LogP contribution in [0.3, 0.4) is 0 Å². The van der Waals surface area contributed by atoms with Crippen molar-refractivity contribution in [3.63, 3.8) is 0 Å². The highest BCUT2D eigenvalue weighted by atomic mass is 16.7. The van der Waals surface area contributed by atoms with Crippen molar-refractivity contribution in [3.8, 4) is 0 Å². The zero-order valence-corrected chi connectivity index (χ0v) is 43.2. The zero-order valence-electron chi connectivity index (χ0n) is 43.2. The third kappa shape index (κ3) is 48.2. The van der Waals surface area contributed by atoms with Crippen LogP contribution in [0, 0.1) is 0 Å². The number of unbranched alkanes of at least 4 members (excludes halogenated alkanes) is 37. The van der Waals surface area contributed by atoms with Crippen molar-refractivity contribution in [1.82, 2.24) is 0 Å². The predicted molar refractivity (Wildman–Crippen MR) is 268 cm³/mol. The first kappa shape index (κ1) is 62.3. The summed E-state index contributed by atoms with van der Waals surface area (Å²) in [5.74, 6) is -1.98. The second-order valence-corrected chi connectivity index (χ2v) is 20.3. The second-order valence-electron chi connectivity index (χ2n) is 20.3. The molecule has 0 saturated carbocycles. The van der Waals surface area contributed by atoms with Gasteiger partial charge in [-0.25, -0.2) is 4.79 Å². The van der Waals surface area contributed by atoms with Gasteiger partial charge in [-0.3, -0.25) is 9.59 Å². The standard InChI is InChI=1S/C55H107NO8/c1-6-8-10-12-14-16-18-20-22-24-26-27-28-30-32-34-36-38-40-42-44-46-53(58)64-51(50-63-55(54(59)60)61-48-47-56(3,4)5)49-62-52(57)45-43-41-39-37-35-33-31-29-25-23-21-19-17-15-13-11-9-7-2/h51,55H,6-50H2,1-5H3/p+1. The van der Waals surface area contributed by atoms with Crippen LogP contribution in [-0.4, -0.2) is 87.4 Å². The van der Waals surface area contributed by atoms with Crippen LogP contribution in [0.2, 0.25) is 0 Å². The molecule has 9 nitrogen and oxygen atoms in total. The van der Waals surface area contributed by atoms with Crippen LogP contribution in [0.15, 0.2) is 0 Å². The van der Waals surface area contributed by atoms with Crippen LogP contribution in [0.4, 0.5) is 0 Å². The molecule has 0 amide bonds. The monoisotopic (exact) mass is 911 g/mol. The number of carboxylic acid groups (broad SMARTS) is 1. The number of carboxylic acids is 1. The summed E-state index contributed by atoms with van der Waals surface area (Å²) in [6.07, 6.45) is 48.8. The Balaban J connectivity index is 4.23. The van der Waals surface area contributed by atoms with Gasteiger partial charge in [0.2, 0.25) is 0 Å². The third-order valence-electron chi connectivity index (χ3n) is 12.6. The predicted octanol–water partition coefficient (Wildman–Crippen LogP) is 15.6. The van der Waals surface area contributed by atoms with E-state index in [0.29, 0.717) is 17.4 Å². The van der Waals surface area contributed by atoms with E-state index >= 15 is 0 Å². The second kappa shape index (κ2) is 47.8. The lowest BCUT2D eigenvalue weighted by Crippen LogP contribution is -2.40.